The number of ether oxygens (including phenoxy) is 2. The van der Waals surface area contributed by atoms with Gasteiger partial charge in [0.25, 0.3) is 5.91 Å². The van der Waals surface area contributed by atoms with Crippen LogP contribution in [0.5, 0.6) is 17.2 Å². The van der Waals surface area contributed by atoms with Crippen molar-refractivity contribution >= 4 is 61.7 Å². The zero-order chi connectivity index (χ0) is 22.7. The van der Waals surface area contributed by atoms with Crippen LogP contribution in [0.3, 0.4) is 0 Å². The summed E-state index contributed by atoms with van der Waals surface area (Å²) < 4.78 is 17.5. The van der Waals surface area contributed by atoms with Gasteiger partial charge in [-0.05, 0) is 58.4 Å². The van der Waals surface area contributed by atoms with Gasteiger partial charge in [-0.3, -0.25) is 9.59 Å². The molecular weight excluding hydrogens is 521 g/mol. The number of nitrogens with one attached hydrogen (secondary N) is 1. The Bertz CT molecular complexity index is 1370. The molecule has 1 aromatic heterocycles. The molecule has 0 fully saturated rings. The summed E-state index contributed by atoms with van der Waals surface area (Å²) in [7, 11) is 0. The van der Waals surface area contributed by atoms with Crippen molar-refractivity contribution in [2.75, 3.05) is 11.9 Å². The van der Waals surface area contributed by atoms with Crippen molar-refractivity contribution in [1.29, 1.82) is 0 Å². The molecule has 9 heteroatoms. The number of halogens is 3. The fourth-order valence-electron chi connectivity index (χ4n) is 2.83. The van der Waals surface area contributed by atoms with Crippen LogP contribution in [0.15, 0.2) is 80.6 Å². The number of amides is 1. The SMILES string of the molecule is O=C(COc1ccc2c(=O)c(Oc3ccccc3Br)coc2c1)Nc1cc(Cl)ccc1Cl. The van der Waals surface area contributed by atoms with E-state index in [1.165, 1.54) is 12.3 Å². The highest BCUT2D eigenvalue weighted by molar-refractivity contribution is 9.10. The van der Waals surface area contributed by atoms with E-state index in [-0.39, 0.29) is 17.8 Å². The zero-order valence-corrected chi connectivity index (χ0v) is 19.3. The fourth-order valence-corrected chi connectivity index (χ4v) is 3.53. The number of fused-ring (bicyclic) bond motifs is 1. The molecule has 1 amide bonds. The minimum absolute atomic E-state index is 0.0517. The topological polar surface area (TPSA) is 77.8 Å². The highest BCUT2D eigenvalue weighted by Crippen LogP contribution is 2.29. The number of hydrogen-bond donors (Lipinski definition) is 1. The van der Waals surface area contributed by atoms with Gasteiger partial charge in [0.05, 0.1) is 20.6 Å². The van der Waals surface area contributed by atoms with E-state index in [0.29, 0.717) is 42.7 Å². The maximum absolute atomic E-state index is 12.8. The first-order valence-electron chi connectivity index (χ1n) is 9.26. The largest absolute Gasteiger partial charge is 0.484 e. The van der Waals surface area contributed by atoms with Crippen LogP contribution in [0.1, 0.15) is 0 Å². The van der Waals surface area contributed by atoms with Crippen molar-refractivity contribution in [2.45, 2.75) is 0 Å². The average molecular weight is 535 g/mol. The van der Waals surface area contributed by atoms with Crippen LogP contribution in [-0.4, -0.2) is 12.5 Å². The van der Waals surface area contributed by atoms with Crippen LogP contribution in [-0.2, 0) is 4.79 Å². The Morgan fingerprint density at radius 2 is 1.84 bits per heavy atom. The van der Waals surface area contributed by atoms with E-state index in [2.05, 4.69) is 21.2 Å². The van der Waals surface area contributed by atoms with E-state index in [4.69, 9.17) is 37.1 Å². The van der Waals surface area contributed by atoms with Crippen molar-refractivity contribution in [3.05, 3.63) is 91.7 Å². The number of carbonyl (C=O) groups is 1. The molecule has 3 aromatic carbocycles. The molecule has 1 heterocycles. The Balaban J connectivity index is 1.47. The number of benzene rings is 3. The molecule has 0 spiro atoms. The molecule has 0 saturated heterocycles. The second-order valence-corrected chi connectivity index (χ2v) is 8.28. The van der Waals surface area contributed by atoms with Gasteiger partial charge in [0.2, 0.25) is 11.2 Å². The van der Waals surface area contributed by atoms with E-state index >= 15 is 0 Å². The summed E-state index contributed by atoms with van der Waals surface area (Å²) in [4.78, 5) is 24.9. The Morgan fingerprint density at radius 1 is 1.03 bits per heavy atom. The van der Waals surface area contributed by atoms with E-state index in [0.717, 1.165) is 0 Å². The maximum atomic E-state index is 12.8. The third-order valence-corrected chi connectivity index (χ3v) is 5.56. The molecule has 0 radical (unpaired) electrons. The Kier molecular flexibility index (Phi) is 6.69. The second kappa shape index (κ2) is 9.65. The van der Waals surface area contributed by atoms with Gasteiger partial charge in [0.15, 0.2) is 6.61 Å². The van der Waals surface area contributed by atoms with Crippen LogP contribution < -0.4 is 20.2 Å². The Labute approximate surface area is 200 Å². The number of rotatable bonds is 6. The molecule has 1 N–H and O–H groups in total. The van der Waals surface area contributed by atoms with Gasteiger partial charge in [-0.1, -0.05) is 35.3 Å². The molecule has 0 atom stereocenters. The third kappa shape index (κ3) is 5.07. The quantitative estimate of drug-likeness (QED) is 0.299. The maximum Gasteiger partial charge on any atom is 0.262 e. The Hall–Kier alpha value is -3.00. The minimum Gasteiger partial charge on any atom is -0.484 e. The molecule has 0 unspecified atom stereocenters. The molecule has 6 nitrogen and oxygen atoms in total. The molecule has 162 valence electrons. The van der Waals surface area contributed by atoms with Crippen LogP contribution in [0, 0.1) is 0 Å². The number of anilines is 1. The van der Waals surface area contributed by atoms with Crippen molar-refractivity contribution in [2.24, 2.45) is 0 Å². The molecule has 0 bridgehead atoms. The molecule has 32 heavy (non-hydrogen) atoms. The van der Waals surface area contributed by atoms with E-state index in [1.807, 2.05) is 6.07 Å². The van der Waals surface area contributed by atoms with Crippen molar-refractivity contribution in [1.82, 2.24) is 0 Å². The molecular formula is C23H14BrCl2NO5. The minimum atomic E-state index is -0.423. The third-order valence-electron chi connectivity index (χ3n) is 4.34. The lowest BCUT2D eigenvalue weighted by molar-refractivity contribution is -0.118. The lowest BCUT2D eigenvalue weighted by Crippen LogP contribution is -2.20. The van der Waals surface area contributed by atoms with E-state index in [1.54, 1.807) is 48.5 Å². The van der Waals surface area contributed by atoms with Crippen molar-refractivity contribution in [3.63, 3.8) is 0 Å². The first-order chi connectivity index (χ1) is 15.4. The van der Waals surface area contributed by atoms with Crippen LogP contribution in [0.4, 0.5) is 5.69 Å². The van der Waals surface area contributed by atoms with Gasteiger partial charge in [-0.2, -0.15) is 0 Å². The summed E-state index contributed by atoms with van der Waals surface area (Å²) in [6, 6.07) is 16.6. The molecule has 4 aromatic rings. The molecule has 4 rings (SSSR count). The lowest BCUT2D eigenvalue weighted by atomic mass is 10.2. The lowest BCUT2D eigenvalue weighted by Gasteiger charge is -2.10. The predicted molar refractivity (Wildman–Crippen MR) is 127 cm³/mol. The van der Waals surface area contributed by atoms with E-state index in [9.17, 15) is 9.59 Å². The van der Waals surface area contributed by atoms with Crippen LogP contribution in [0.2, 0.25) is 10.0 Å². The predicted octanol–water partition coefficient (Wildman–Crippen LogP) is 6.67. The van der Waals surface area contributed by atoms with E-state index < -0.39 is 5.91 Å². The zero-order valence-electron chi connectivity index (χ0n) is 16.2. The molecule has 0 aliphatic heterocycles. The highest BCUT2D eigenvalue weighted by Gasteiger charge is 2.13. The number of hydrogen-bond acceptors (Lipinski definition) is 5. The summed E-state index contributed by atoms with van der Waals surface area (Å²) in [5.74, 6) is 0.473. The molecule has 0 saturated carbocycles. The first-order valence-corrected chi connectivity index (χ1v) is 10.8. The first kappa shape index (κ1) is 22.2. The second-order valence-electron chi connectivity index (χ2n) is 6.58. The fraction of sp³-hybridized carbons (Fsp3) is 0.0435. The normalized spacial score (nSPS) is 10.7. The standard InChI is InChI=1S/C23H14BrCl2NO5/c24-16-3-1-2-4-19(16)32-21-11-31-20-10-14(6-7-15(20)23(21)29)30-12-22(28)27-18-9-13(25)5-8-17(18)26/h1-11H,12H2,(H,27,28). The van der Waals surface area contributed by atoms with Gasteiger partial charge in [0, 0.05) is 11.1 Å². The van der Waals surface area contributed by atoms with Gasteiger partial charge in [0.1, 0.15) is 23.3 Å². The van der Waals surface area contributed by atoms with Crippen molar-refractivity contribution in [3.8, 4) is 17.2 Å². The summed E-state index contributed by atoms with van der Waals surface area (Å²) in [6.07, 6.45) is 1.24. The van der Waals surface area contributed by atoms with Gasteiger partial charge in [-0.15, -0.1) is 0 Å². The highest BCUT2D eigenvalue weighted by atomic mass is 79.9. The average Bonchev–Trinajstić information content (AvgIpc) is 2.78. The van der Waals surface area contributed by atoms with Gasteiger partial charge < -0.3 is 19.2 Å². The molecule has 0 aliphatic carbocycles. The van der Waals surface area contributed by atoms with Crippen LogP contribution in [0.25, 0.3) is 11.0 Å². The smallest absolute Gasteiger partial charge is 0.262 e. The number of para-hydroxylation sites is 1. The summed E-state index contributed by atoms with van der Waals surface area (Å²) in [5.41, 5.74) is 0.349. The monoisotopic (exact) mass is 533 g/mol. The number of carbonyl (C=O) groups excluding carboxylic acids is 1. The Morgan fingerprint density at radius 3 is 2.66 bits per heavy atom. The van der Waals surface area contributed by atoms with Crippen molar-refractivity contribution < 1.29 is 18.7 Å². The van der Waals surface area contributed by atoms with Gasteiger partial charge >= 0.3 is 0 Å². The summed E-state index contributed by atoms with van der Waals surface area (Å²) in [5, 5.41) is 3.75. The summed E-state index contributed by atoms with van der Waals surface area (Å²) in [6.45, 7) is -0.276. The summed E-state index contributed by atoms with van der Waals surface area (Å²) >= 11 is 15.3. The molecule has 0 aliphatic rings. The van der Waals surface area contributed by atoms with Crippen LogP contribution >= 0.6 is 39.1 Å². The van der Waals surface area contributed by atoms with Gasteiger partial charge in [-0.25, -0.2) is 0 Å².